The lowest BCUT2D eigenvalue weighted by molar-refractivity contribution is -0.131. The first-order valence-electron chi connectivity index (χ1n) is 8.25. The van der Waals surface area contributed by atoms with Crippen molar-refractivity contribution in [2.45, 2.75) is 13.3 Å². The molecule has 132 valence electrons. The molecular formula is C18H20ClN3O3. The average molecular weight is 362 g/mol. The summed E-state index contributed by atoms with van der Waals surface area (Å²) in [6.07, 6.45) is 1.98. The highest BCUT2D eigenvalue weighted by Gasteiger charge is 2.21. The molecule has 0 aliphatic carbocycles. The van der Waals surface area contributed by atoms with Crippen LogP contribution < -0.4 is 10.2 Å². The standard InChI is InChI=1S/C18H20ClN3O3/c1-2-17(23)22-9-7-21(8-10-22)15-6-5-13(12-14(15)19)20-18(24)16-4-3-11-25-16/h3-6,11-12H,2,7-10H2,1H3,(H,20,24). The molecule has 2 aromatic rings. The first-order chi connectivity index (χ1) is 12.1. The quantitative estimate of drug-likeness (QED) is 0.907. The summed E-state index contributed by atoms with van der Waals surface area (Å²) in [6, 6.07) is 8.68. The number of furan rings is 1. The Kier molecular flexibility index (Phi) is 5.28. The van der Waals surface area contributed by atoms with Crippen LogP contribution in [-0.4, -0.2) is 42.9 Å². The number of amides is 2. The maximum absolute atomic E-state index is 12.0. The number of hydrogen-bond donors (Lipinski definition) is 1. The molecular weight excluding hydrogens is 342 g/mol. The molecule has 0 bridgehead atoms. The number of rotatable bonds is 4. The zero-order valence-corrected chi connectivity index (χ0v) is 14.8. The van der Waals surface area contributed by atoms with E-state index in [2.05, 4.69) is 10.2 Å². The Bertz CT molecular complexity index is 753. The van der Waals surface area contributed by atoms with E-state index in [9.17, 15) is 9.59 Å². The Balaban J connectivity index is 1.64. The minimum atomic E-state index is -0.319. The maximum atomic E-state index is 12.0. The summed E-state index contributed by atoms with van der Waals surface area (Å²) < 4.78 is 5.07. The SMILES string of the molecule is CCC(=O)N1CCN(c2ccc(NC(=O)c3ccco3)cc2Cl)CC1. The zero-order chi connectivity index (χ0) is 17.8. The summed E-state index contributed by atoms with van der Waals surface area (Å²) in [6.45, 7) is 4.74. The maximum Gasteiger partial charge on any atom is 0.291 e. The number of anilines is 2. The Morgan fingerprint density at radius 2 is 1.96 bits per heavy atom. The summed E-state index contributed by atoms with van der Waals surface area (Å²) >= 11 is 6.40. The molecule has 1 saturated heterocycles. The van der Waals surface area contributed by atoms with Crippen molar-refractivity contribution in [3.8, 4) is 0 Å². The molecule has 0 unspecified atom stereocenters. The summed E-state index contributed by atoms with van der Waals surface area (Å²) in [5.41, 5.74) is 1.51. The number of nitrogens with zero attached hydrogens (tertiary/aromatic N) is 2. The molecule has 3 rings (SSSR count). The molecule has 0 radical (unpaired) electrons. The fourth-order valence-corrected chi connectivity index (χ4v) is 3.16. The average Bonchev–Trinajstić information content (AvgIpc) is 3.16. The minimum Gasteiger partial charge on any atom is -0.459 e. The molecule has 0 saturated carbocycles. The van der Waals surface area contributed by atoms with E-state index in [1.807, 2.05) is 24.0 Å². The van der Waals surface area contributed by atoms with E-state index in [1.165, 1.54) is 6.26 Å². The van der Waals surface area contributed by atoms with E-state index in [0.29, 0.717) is 30.2 Å². The molecule has 25 heavy (non-hydrogen) atoms. The van der Waals surface area contributed by atoms with Crippen LogP contribution in [0.4, 0.5) is 11.4 Å². The van der Waals surface area contributed by atoms with Gasteiger partial charge in [0, 0.05) is 38.3 Å². The van der Waals surface area contributed by atoms with Crippen molar-refractivity contribution in [3.05, 3.63) is 47.4 Å². The molecule has 1 aromatic heterocycles. The van der Waals surface area contributed by atoms with Crippen molar-refractivity contribution < 1.29 is 14.0 Å². The van der Waals surface area contributed by atoms with E-state index >= 15 is 0 Å². The topological polar surface area (TPSA) is 65.8 Å². The number of nitrogens with one attached hydrogen (secondary N) is 1. The van der Waals surface area contributed by atoms with E-state index in [0.717, 1.165) is 18.8 Å². The number of carbonyl (C=O) groups excluding carboxylic acids is 2. The van der Waals surface area contributed by atoms with Gasteiger partial charge in [-0.25, -0.2) is 0 Å². The van der Waals surface area contributed by atoms with Crippen molar-refractivity contribution in [1.82, 2.24) is 4.90 Å². The molecule has 0 spiro atoms. The van der Waals surface area contributed by atoms with Crippen molar-refractivity contribution in [2.75, 3.05) is 36.4 Å². The van der Waals surface area contributed by atoms with Crippen LogP contribution in [0.25, 0.3) is 0 Å². The van der Waals surface area contributed by atoms with E-state index in [-0.39, 0.29) is 17.6 Å². The van der Waals surface area contributed by atoms with Gasteiger partial charge in [0.2, 0.25) is 5.91 Å². The van der Waals surface area contributed by atoms with Crippen LogP contribution in [0.15, 0.2) is 41.0 Å². The first kappa shape index (κ1) is 17.4. The van der Waals surface area contributed by atoms with Gasteiger partial charge in [0.1, 0.15) is 0 Å². The molecule has 1 aliphatic heterocycles. The Hall–Kier alpha value is -2.47. The molecule has 0 atom stereocenters. The summed E-state index contributed by atoms with van der Waals surface area (Å²) in [5.74, 6) is 0.110. The van der Waals surface area contributed by atoms with Crippen LogP contribution in [0.2, 0.25) is 5.02 Å². The van der Waals surface area contributed by atoms with Crippen LogP contribution in [0.3, 0.4) is 0 Å². The lowest BCUT2D eigenvalue weighted by Crippen LogP contribution is -2.48. The van der Waals surface area contributed by atoms with Gasteiger partial charge in [-0.05, 0) is 30.3 Å². The number of benzene rings is 1. The third kappa shape index (κ3) is 3.96. The van der Waals surface area contributed by atoms with Gasteiger partial charge in [-0.1, -0.05) is 18.5 Å². The second-order valence-corrected chi connectivity index (χ2v) is 6.23. The van der Waals surface area contributed by atoms with E-state index < -0.39 is 0 Å². The predicted molar refractivity (Wildman–Crippen MR) is 97.2 cm³/mol. The Morgan fingerprint density at radius 1 is 1.20 bits per heavy atom. The summed E-state index contributed by atoms with van der Waals surface area (Å²) in [7, 11) is 0. The number of piperazine rings is 1. The third-order valence-electron chi connectivity index (χ3n) is 4.23. The van der Waals surface area contributed by atoms with Gasteiger partial charge >= 0.3 is 0 Å². The van der Waals surface area contributed by atoms with E-state index in [4.69, 9.17) is 16.0 Å². The van der Waals surface area contributed by atoms with Gasteiger partial charge < -0.3 is 19.5 Å². The van der Waals surface area contributed by atoms with Crippen LogP contribution >= 0.6 is 11.6 Å². The third-order valence-corrected chi connectivity index (χ3v) is 4.53. The molecule has 1 aromatic carbocycles. The molecule has 1 aliphatic rings. The monoisotopic (exact) mass is 361 g/mol. The smallest absolute Gasteiger partial charge is 0.291 e. The second kappa shape index (κ2) is 7.61. The highest BCUT2D eigenvalue weighted by atomic mass is 35.5. The normalized spacial score (nSPS) is 14.5. The fraction of sp³-hybridized carbons (Fsp3) is 0.333. The van der Waals surface area contributed by atoms with E-state index in [1.54, 1.807) is 18.2 Å². The molecule has 1 N–H and O–H groups in total. The highest BCUT2D eigenvalue weighted by Crippen LogP contribution is 2.30. The second-order valence-electron chi connectivity index (χ2n) is 5.82. The summed E-state index contributed by atoms with van der Waals surface area (Å²) in [5, 5.41) is 3.32. The molecule has 1 fully saturated rings. The van der Waals surface area contributed by atoms with Crippen LogP contribution in [-0.2, 0) is 4.79 Å². The lowest BCUT2D eigenvalue weighted by atomic mass is 10.2. The van der Waals surface area contributed by atoms with Crippen molar-refractivity contribution in [2.24, 2.45) is 0 Å². The largest absolute Gasteiger partial charge is 0.459 e. The van der Waals surface area contributed by atoms with Gasteiger partial charge in [-0.3, -0.25) is 9.59 Å². The van der Waals surface area contributed by atoms with Crippen LogP contribution in [0, 0.1) is 0 Å². The number of halogens is 1. The molecule has 2 amide bonds. The first-order valence-corrected chi connectivity index (χ1v) is 8.63. The van der Waals surface area contributed by atoms with Crippen LogP contribution in [0.5, 0.6) is 0 Å². The Labute approximate surface area is 151 Å². The van der Waals surface area contributed by atoms with Gasteiger partial charge in [0.05, 0.1) is 17.0 Å². The lowest BCUT2D eigenvalue weighted by Gasteiger charge is -2.36. The highest BCUT2D eigenvalue weighted by molar-refractivity contribution is 6.33. The fourth-order valence-electron chi connectivity index (χ4n) is 2.86. The summed E-state index contributed by atoms with van der Waals surface area (Å²) in [4.78, 5) is 27.8. The van der Waals surface area contributed by atoms with Crippen molar-refractivity contribution in [3.63, 3.8) is 0 Å². The van der Waals surface area contributed by atoms with Crippen molar-refractivity contribution in [1.29, 1.82) is 0 Å². The number of hydrogen-bond acceptors (Lipinski definition) is 4. The van der Waals surface area contributed by atoms with Crippen LogP contribution in [0.1, 0.15) is 23.9 Å². The van der Waals surface area contributed by atoms with Gasteiger partial charge in [-0.2, -0.15) is 0 Å². The predicted octanol–water partition coefficient (Wildman–Crippen LogP) is 3.24. The molecule has 2 heterocycles. The molecule has 6 nitrogen and oxygen atoms in total. The number of carbonyl (C=O) groups is 2. The molecule has 7 heteroatoms. The zero-order valence-electron chi connectivity index (χ0n) is 14.0. The minimum absolute atomic E-state index is 0.182. The van der Waals surface area contributed by atoms with Gasteiger partial charge in [-0.15, -0.1) is 0 Å². The van der Waals surface area contributed by atoms with Gasteiger partial charge in [0.25, 0.3) is 5.91 Å². The van der Waals surface area contributed by atoms with Gasteiger partial charge in [0.15, 0.2) is 5.76 Å². The Morgan fingerprint density at radius 3 is 2.56 bits per heavy atom. The van der Waals surface area contributed by atoms with Crippen molar-refractivity contribution >= 4 is 34.8 Å².